The zero-order chi connectivity index (χ0) is 21.5. The molecule has 0 N–H and O–H groups in total. The highest BCUT2D eigenvalue weighted by Gasteiger charge is 2.37. The maximum absolute atomic E-state index is 12.8. The summed E-state index contributed by atoms with van der Waals surface area (Å²) >= 11 is 7.07. The molecule has 0 spiro atoms. The van der Waals surface area contributed by atoms with E-state index >= 15 is 0 Å². The summed E-state index contributed by atoms with van der Waals surface area (Å²) in [5.74, 6) is 0.299. The summed E-state index contributed by atoms with van der Waals surface area (Å²) in [6, 6.07) is 11.2. The number of rotatable bonds is 3. The van der Waals surface area contributed by atoms with Gasteiger partial charge in [0.1, 0.15) is 6.54 Å². The molecule has 0 radical (unpaired) electrons. The van der Waals surface area contributed by atoms with Crippen LogP contribution < -0.4 is 9.47 Å². The summed E-state index contributed by atoms with van der Waals surface area (Å²) in [5, 5.41) is -0.0991. The Bertz CT molecular complexity index is 1150. The number of hydrogen-bond acceptors (Lipinski definition) is 6. The number of nitrogens with zero attached hydrogens (tertiary/aromatic N) is 2. The van der Waals surface area contributed by atoms with Gasteiger partial charge in [-0.25, -0.2) is 0 Å². The fourth-order valence-corrected chi connectivity index (χ4v) is 4.80. The molecule has 31 heavy (non-hydrogen) atoms. The maximum Gasteiger partial charge on any atom is 0.294 e. The van der Waals surface area contributed by atoms with E-state index in [1.165, 1.54) is 11.6 Å². The van der Waals surface area contributed by atoms with E-state index in [1.54, 1.807) is 17.0 Å². The van der Waals surface area contributed by atoms with Gasteiger partial charge in [-0.3, -0.25) is 19.3 Å². The van der Waals surface area contributed by atoms with Gasteiger partial charge in [0.2, 0.25) is 12.7 Å². The van der Waals surface area contributed by atoms with Gasteiger partial charge < -0.3 is 14.4 Å². The number of hydrogen-bond donors (Lipinski definition) is 0. The average molecular weight is 457 g/mol. The van der Waals surface area contributed by atoms with Crippen LogP contribution in [0.15, 0.2) is 41.3 Å². The first-order valence-electron chi connectivity index (χ1n) is 9.68. The van der Waals surface area contributed by atoms with E-state index in [4.69, 9.17) is 21.1 Å². The van der Waals surface area contributed by atoms with E-state index in [2.05, 4.69) is 6.07 Å². The predicted molar refractivity (Wildman–Crippen MR) is 116 cm³/mol. The molecule has 0 aromatic heterocycles. The van der Waals surface area contributed by atoms with E-state index in [0.717, 1.165) is 28.6 Å². The van der Waals surface area contributed by atoms with Crippen molar-refractivity contribution in [3.8, 4) is 11.5 Å². The zero-order valence-electron chi connectivity index (χ0n) is 16.3. The third-order valence-electron chi connectivity index (χ3n) is 5.43. The van der Waals surface area contributed by atoms with Gasteiger partial charge in [0, 0.05) is 19.2 Å². The number of thioether (sulfide) groups is 1. The number of fused-ring (bicyclic) bond motifs is 2. The molecule has 1 saturated heterocycles. The summed E-state index contributed by atoms with van der Waals surface area (Å²) in [5.41, 5.74) is 2.85. The molecule has 2 aromatic carbocycles. The van der Waals surface area contributed by atoms with Crippen molar-refractivity contribution in [3.05, 3.63) is 63.0 Å². The number of amides is 3. The molecule has 0 aliphatic carbocycles. The van der Waals surface area contributed by atoms with E-state index in [1.807, 2.05) is 18.2 Å². The average Bonchev–Trinajstić information content (AvgIpc) is 3.32. The van der Waals surface area contributed by atoms with Gasteiger partial charge in [-0.1, -0.05) is 35.9 Å². The standard InChI is InChI=1S/C22H17ClN2O5S/c23-16-9-18-17(29-12-30-18)7-15(16)8-19-21(27)25(22(28)31-19)11-20(26)24-6-5-13-3-1-2-4-14(13)10-24/h1-4,7-9H,5-6,10-12H2. The number of carbonyl (C=O) groups excluding carboxylic acids is 3. The Hall–Kier alpha value is -2.97. The first kappa shape index (κ1) is 20.0. The molecule has 3 heterocycles. The molecule has 3 aliphatic heterocycles. The molecule has 3 amide bonds. The molecule has 5 rings (SSSR count). The van der Waals surface area contributed by atoms with Gasteiger partial charge in [-0.2, -0.15) is 0 Å². The van der Waals surface area contributed by atoms with Crippen LogP contribution in [0.3, 0.4) is 0 Å². The van der Waals surface area contributed by atoms with Crippen molar-refractivity contribution in [3.63, 3.8) is 0 Å². The molecule has 0 atom stereocenters. The van der Waals surface area contributed by atoms with Crippen molar-refractivity contribution < 1.29 is 23.9 Å². The molecule has 1 fully saturated rings. The molecule has 158 valence electrons. The molecule has 0 unspecified atom stereocenters. The topological polar surface area (TPSA) is 76.1 Å². The van der Waals surface area contributed by atoms with Crippen molar-refractivity contribution in [2.45, 2.75) is 13.0 Å². The summed E-state index contributed by atoms with van der Waals surface area (Å²) in [6.07, 6.45) is 2.29. The van der Waals surface area contributed by atoms with Crippen LogP contribution in [0.5, 0.6) is 11.5 Å². The number of ether oxygens (including phenoxy) is 2. The van der Waals surface area contributed by atoms with Crippen LogP contribution in [-0.4, -0.2) is 46.7 Å². The van der Waals surface area contributed by atoms with Crippen molar-refractivity contribution in [1.29, 1.82) is 0 Å². The second kappa shape index (κ2) is 7.94. The van der Waals surface area contributed by atoms with Crippen molar-refractivity contribution in [2.75, 3.05) is 19.9 Å². The third kappa shape index (κ3) is 3.77. The summed E-state index contributed by atoms with van der Waals surface area (Å²) in [6.45, 7) is 0.871. The smallest absolute Gasteiger partial charge is 0.294 e. The highest BCUT2D eigenvalue weighted by molar-refractivity contribution is 8.18. The van der Waals surface area contributed by atoms with E-state index in [-0.39, 0.29) is 24.2 Å². The van der Waals surface area contributed by atoms with Crippen LogP contribution in [0.1, 0.15) is 16.7 Å². The quantitative estimate of drug-likeness (QED) is 0.656. The molecule has 0 saturated carbocycles. The summed E-state index contributed by atoms with van der Waals surface area (Å²) < 4.78 is 10.6. The monoisotopic (exact) mass is 456 g/mol. The van der Waals surface area contributed by atoms with Crippen LogP contribution in [0.4, 0.5) is 4.79 Å². The fraction of sp³-hybridized carbons (Fsp3) is 0.227. The number of halogens is 1. The van der Waals surface area contributed by atoms with E-state index in [9.17, 15) is 14.4 Å². The van der Waals surface area contributed by atoms with Gasteiger partial charge in [0.15, 0.2) is 11.5 Å². The minimum absolute atomic E-state index is 0.106. The Balaban J connectivity index is 1.31. The highest BCUT2D eigenvalue weighted by Crippen LogP contribution is 2.39. The maximum atomic E-state index is 12.8. The second-order valence-corrected chi connectivity index (χ2v) is 8.73. The van der Waals surface area contributed by atoms with Crippen LogP contribution in [0.2, 0.25) is 5.02 Å². The number of carbonyl (C=O) groups is 3. The largest absolute Gasteiger partial charge is 0.454 e. The lowest BCUT2D eigenvalue weighted by Crippen LogP contribution is -2.44. The number of imide groups is 1. The van der Waals surface area contributed by atoms with Gasteiger partial charge in [0.05, 0.1) is 9.93 Å². The minimum Gasteiger partial charge on any atom is -0.454 e. The lowest BCUT2D eigenvalue weighted by atomic mass is 10.00. The molecule has 0 bridgehead atoms. The normalized spacial score (nSPS) is 18.7. The Labute approximate surface area is 187 Å². The Morgan fingerprint density at radius 3 is 2.68 bits per heavy atom. The SMILES string of the molecule is O=C(CN1C(=O)SC(=Cc2cc3c(cc2Cl)OCO3)C1=O)N1CCc2ccccc2C1. The third-order valence-corrected chi connectivity index (χ3v) is 6.66. The fourth-order valence-electron chi connectivity index (χ4n) is 3.76. The lowest BCUT2D eigenvalue weighted by Gasteiger charge is -2.29. The predicted octanol–water partition coefficient (Wildman–Crippen LogP) is 3.69. The van der Waals surface area contributed by atoms with Crippen LogP contribution in [0, 0.1) is 0 Å². The van der Waals surface area contributed by atoms with Gasteiger partial charge in [0.25, 0.3) is 11.1 Å². The first-order valence-corrected chi connectivity index (χ1v) is 10.9. The molecule has 9 heteroatoms. The highest BCUT2D eigenvalue weighted by atomic mass is 35.5. The minimum atomic E-state index is -0.505. The van der Waals surface area contributed by atoms with Crippen molar-refractivity contribution >= 4 is 46.5 Å². The molecule has 7 nitrogen and oxygen atoms in total. The number of benzene rings is 2. The molecule has 3 aliphatic rings. The molecule has 2 aromatic rings. The first-order chi connectivity index (χ1) is 15.0. The van der Waals surface area contributed by atoms with Crippen molar-refractivity contribution in [2.24, 2.45) is 0 Å². The lowest BCUT2D eigenvalue weighted by molar-refractivity contribution is -0.136. The second-order valence-electron chi connectivity index (χ2n) is 7.33. The van der Waals surface area contributed by atoms with Gasteiger partial charge >= 0.3 is 0 Å². The van der Waals surface area contributed by atoms with Crippen LogP contribution in [-0.2, 0) is 22.6 Å². The van der Waals surface area contributed by atoms with Gasteiger partial charge in [-0.05, 0) is 47.0 Å². The summed E-state index contributed by atoms with van der Waals surface area (Å²) in [7, 11) is 0. The van der Waals surface area contributed by atoms with E-state index in [0.29, 0.717) is 35.2 Å². The van der Waals surface area contributed by atoms with Crippen molar-refractivity contribution in [1.82, 2.24) is 9.80 Å². The summed E-state index contributed by atoms with van der Waals surface area (Å²) in [4.78, 5) is 41.0. The molecular weight excluding hydrogens is 440 g/mol. The zero-order valence-corrected chi connectivity index (χ0v) is 17.9. The Morgan fingerprint density at radius 1 is 1.13 bits per heavy atom. The van der Waals surface area contributed by atoms with Crippen LogP contribution in [0.25, 0.3) is 6.08 Å². The van der Waals surface area contributed by atoms with Crippen LogP contribution >= 0.6 is 23.4 Å². The van der Waals surface area contributed by atoms with E-state index < -0.39 is 11.1 Å². The van der Waals surface area contributed by atoms with Gasteiger partial charge in [-0.15, -0.1) is 0 Å². The Kier molecular flexibility index (Phi) is 5.11. The Morgan fingerprint density at radius 2 is 1.87 bits per heavy atom. The molecular formula is C22H17ClN2O5S.